The number of ether oxygens (including phenoxy) is 2. The van der Waals surface area contributed by atoms with Gasteiger partial charge in [-0.15, -0.1) is 11.8 Å². The first kappa shape index (κ1) is 17.3. The second-order valence-corrected chi connectivity index (χ2v) is 6.07. The van der Waals surface area contributed by atoms with Gasteiger partial charge in [0.05, 0.1) is 0 Å². The zero-order chi connectivity index (χ0) is 17.4. The molecule has 2 atom stereocenters. The van der Waals surface area contributed by atoms with Crippen LogP contribution >= 0.6 is 11.8 Å². The number of methoxy groups -OCH3 is 1. The van der Waals surface area contributed by atoms with Crippen LogP contribution in [0.25, 0.3) is 0 Å². The fourth-order valence-corrected chi connectivity index (χ4v) is 3.92. The molecule has 9 nitrogen and oxygen atoms in total. The van der Waals surface area contributed by atoms with Crippen molar-refractivity contribution in [3.05, 3.63) is 11.3 Å². The van der Waals surface area contributed by atoms with E-state index >= 15 is 0 Å². The van der Waals surface area contributed by atoms with Gasteiger partial charge >= 0.3 is 11.9 Å². The van der Waals surface area contributed by atoms with E-state index in [0.717, 1.165) is 4.90 Å². The molecule has 10 heteroatoms. The minimum absolute atomic E-state index is 0.208. The summed E-state index contributed by atoms with van der Waals surface area (Å²) in [5.41, 5.74) is -1.50. The molecule has 0 aliphatic carbocycles. The molecule has 2 heterocycles. The van der Waals surface area contributed by atoms with Gasteiger partial charge in [-0.25, -0.2) is 4.79 Å². The lowest BCUT2D eigenvalue weighted by Crippen LogP contribution is -2.80. The summed E-state index contributed by atoms with van der Waals surface area (Å²) >= 11 is 1.22. The number of amides is 2. The molecule has 1 unspecified atom stereocenters. The fraction of sp³-hybridized carbons (Fsp3) is 0.538. The van der Waals surface area contributed by atoms with Crippen molar-refractivity contribution >= 4 is 35.5 Å². The highest BCUT2D eigenvalue weighted by Crippen LogP contribution is 2.46. The number of hydrogen-bond acceptors (Lipinski definition) is 7. The third-order valence-electron chi connectivity index (χ3n) is 3.45. The van der Waals surface area contributed by atoms with Crippen molar-refractivity contribution in [1.82, 2.24) is 10.2 Å². The van der Waals surface area contributed by atoms with Gasteiger partial charge in [-0.3, -0.25) is 19.3 Å². The first-order chi connectivity index (χ1) is 10.7. The molecule has 1 fully saturated rings. The number of esters is 1. The van der Waals surface area contributed by atoms with Gasteiger partial charge in [-0.05, 0) is 0 Å². The van der Waals surface area contributed by atoms with E-state index in [1.54, 1.807) is 0 Å². The summed E-state index contributed by atoms with van der Waals surface area (Å²) in [7, 11) is 1.27. The molecule has 0 bridgehead atoms. The maximum absolute atomic E-state index is 12.5. The lowest BCUT2D eigenvalue weighted by Gasteiger charge is -2.55. The predicted molar refractivity (Wildman–Crippen MR) is 77.9 cm³/mol. The third kappa shape index (κ3) is 2.79. The van der Waals surface area contributed by atoms with Crippen LogP contribution in [0.5, 0.6) is 0 Å². The maximum atomic E-state index is 12.5. The van der Waals surface area contributed by atoms with Crippen LogP contribution in [0.3, 0.4) is 0 Å². The van der Waals surface area contributed by atoms with Crippen molar-refractivity contribution < 1.29 is 33.8 Å². The van der Waals surface area contributed by atoms with Crippen molar-refractivity contribution in [3.63, 3.8) is 0 Å². The number of nitrogens with one attached hydrogen (secondary N) is 1. The second kappa shape index (κ2) is 6.20. The van der Waals surface area contributed by atoms with Gasteiger partial charge < -0.3 is 19.9 Å². The molecule has 0 radical (unpaired) electrons. The number of carboxylic acid groups (broad SMARTS) is 1. The molecule has 0 spiro atoms. The second-order valence-electron chi connectivity index (χ2n) is 5.00. The van der Waals surface area contributed by atoms with Gasteiger partial charge in [0.1, 0.15) is 17.7 Å². The summed E-state index contributed by atoms with van der Waals surface area (Å²) < 4.78 is 10.0. The Morgan fingerprint density at radius 1 is 1.43 bits per heavy atom. The molecule has 0 aromatic rings. The number of carbonyl (C=O) groups excluding carboxylic acids is 3. The average Bonchev–Trinajstić information content (AvgIpc) is 2.48. The van der Waals surface area contributed by atoms with Gasteiger partial charge in [0, 0.05) is 32.3 Å². The molecule has 0 saturated carbocycles. The Labute approximate surface area is 136 Å². The Morgan fingerprint density at radius 2 is 2.09 bits per heavy atom. The molecule has 0 aromatic carbocycles. The van der Waals surface area contributed by atoms with Gasteiger partial charge in [0.15, 0.2) is 0 Å². The number of carboxylic acids is 1. The third-order valence-corrected chi connectivity index (χ3v) is 4.82. The maximum Gasteiger partial charge on any atom is 0.352 e. The Balaban J connectivity index is 2.34. The number of aliphatic carboxylic acids is 1. The highest BCUT2D eigenvalue weighted by atomic mass is 32.2. The van der Waals surface area contributed by atoms with Crippen LogP contribution in [0.15, 0.2) is 11.3 Å². The van der Waals surface area contributed by atoms with E-state index in [1.807, 2.05) is 0 Å². The monoisotopic (exact) mass is 344 g/mol. The van der Waals surface area contributed by atoms with Crippen LogP contribution in [0.2, 0.25) is 0 Å². The van der Waals surface area contributed by atoms with E-state index in [0.29, 0.717) is 5.57 Å². The van der Waals surface area contributed by atoms with Crippen molar-refractivity contribution in [2.24, 2.45) is 0 Å². The van der Waals surface area contributed by atoms with E-state index < -0.39 is 34.9 Å². The minimum atomic E-state index is -1.58. The Kier molecular flexibility index (Phi) is 4.66. The Bertz CT molecular complexity index is 617. The summed E-state index contributed by atoms with van der Waals surface area (Å²) in [4.78, 5) is 47.3. The van der Waals surface area contributed by atoms with Crippen molar-refractivity contribution in [2.75, 3.05) is 19.5 Å². The molecule has 1 saturated heterocycles. The summed E-state index contributed by atoms with van der Waals surface area (Å²) in [5, 5.41) is 11.2. The minimum Gasteiger partial charge on any atom is -0.477 e. The largest absolute Gasteiger partial charge is 0.477 e. The number of thioether (sulfide) groups is 1. The number of hydrogen-bond donors (Lipinski definition) is 2. The van der Waals surface area contributed by atoms with Crippen LogP contribution in [0.4, 0.5) is 0 Å². The van der Waals surface area contributed by atoms with Crippen molar-refractivity contribution in [3.8, 4) is 0 Å². The van der Waals surface area contributed by atoms with Crippen LogP contribution in [0.1, 0.15) is 13.8 Å². The normalized spacial score (nSPS) is 26.3. The Morgan fingerprint density at radius 3 is 2.57 bits per heavy atom. The van der Waals surface area contributed by atoms with E-state index in [4.69, 9.17) is 9.47 Å². The van der Waals surface area contributed by atoms with E-state index in [9.17, 15) is 24.3 Å². The predicted octanol–water partition coefficient (Wildman–Crippen LogP) is -0.718. The molecule has 2 amide bonds. The summed E-state index contributed by atoms with van der Waals surface area (Å²) in [6.45, 7) is 2.24. The number of carbonyl (C=O) groups is 4. The molecule has 23 heavy (non-hydrogen) atoms. The van der Waals surface area contributed by atoms with Crippen LogP contribution in [-0.2, 0) is 28.7 Å². The number of β-lactam (4-membered cyclic amide) rings is 1. The molecule has 2 aliphatic rings. The lowest BCUT2D eigenvalue weighted by molar-refractivity contribution is -0.192. The summed E-state index contributed by atoms with van der Waals surface area (Å²) in [6.07, 6.45) is 0. The molecule has 2 N–H and O–H groups in total. The topological polar surface area (TPSA) is 122 Å². The lowest BCUT2D eigenvalue weighted by atomic mass is 9.98. The molecule has 0 aromatic heterocycles. The highest BCUT2D eigenvalue weighted by Gasteiger charge is 2.66. The van der Waals surface area contributed by atoms with Crippen LogP contribution in [-0.4, -0.2) is 64.3 Å². The van der Waals surface area contributed by atoms with E-state index in [1.165, 1.54) is 32.7 Å². The SMILES string of the molecule is COC1(NC(C)=O)C(=O)N2C(C(=O)O)=C(COC(C)=O)CS[C@@H]21. The smallest absolute Gasteiger partial charge is 0.352 e. The van der Waals surface area contributed by atoms with Crippen LogP contribution < -0.4 is 5.32 Å². The summed E-state index contributed by atoms with van der Waals surface area (Å²) in [6, 6.07) is 0. The first-order valence-electron chi connectivity index (χ1n) is 6.62. The Hall–Kier alpha value is -2.07. The van der Waals surface area contributed by atoms with Gasteiger partial charge in [0.2, 0.25) is 5.91 Å². The van der Waals surface area contributed by atoms with E-state index in [2.05, 4.69) is 5.32 Å². The van der Waals surface area contributed by atoms with Crippen molar-refractivity contribution in [1.29, 1.82) is 0 Å². The number of nitrogens with zero attached hydrogens (tertiary/aromatic N) is 1. The standard InChI is InChI=1S/C13H16N2O7S/c1-6(16)14-13(21-3)11(20)15-9(10(18)19)8(4-22-7(2)17)5-23-12(13)15/h12H,4-5H2,1-3H3,(H,14,16)(H,18,19)/t12-,13?/m1/s1. The van der Waals surface area contributed by atoms with E-state index in [-0.39, 0.29) is 18.1 Å². The van der Waals surface area contributed by atoms with Gasteiger partial charge in [-0.1, -0.05) is 0 Å². The fourth-order valence-electron chi connectivity index (χ4n) is 2.50. The summed E-state index contributed by atoms with van der Waals surface area (Å²) in [5.74, 6) is -2.77. The first-order valence-corrected chi connectivity index (χ1v) is 7.67. The van der Waals surface area contributed by atoms with Crippen molar-refractivity contribution in [2.45, 2.75) is 24.9 Å². The number of rotatable bonds is 5. The average molecular weight is 344 g/mol. The zero-order valence-electron chi connectivity index (χ0n) is 12.7. The van der Waals surface area contributed by atoms with Crippen LogP contribution in [0, 0.1) is 0 Å². The molecular formula is C13H16N2O7S. The zero-order valence-corrected chi connectivity index (χ0v) is 13.6. The number of fused-ring (bicyclic) bond motifs is 1. The molecule has 2 aliphatic heterocycles. The van der Waals surface area contributed by atoms with Gasteiger partial charge in [-0.2, -0.15) is 0 Å². The van der Waals surface area contributed by atoms with Gasteiger partial charge in [0.25, 0.3) is 11.6 Å². The molecular weight excluding hydrogens is 328 g/mol. The highest BCUT2D eigenvalue weighted by molar-refractivity contribution is 8.00. The molecule has 126 valence electrons. The quantitative estimate of drug-likeness (QED) is 0.381. The molecule has 2 rings (SSSR count).